The molecule has 0 unspecified atom stereocenters. The first kappa shape index (κ1) is 12.8. The zero-order valence-corrected chi connectivity index (χ0v) is 10.2. The lowest BCUT2D eigenvalue weighted by Crippen LogP contribution is -2.00. The predicted molar refractivity (Wildman–Crippen MR) is 69.9 cm³/mol. The molecule has 0 saturated carbocycles. The van der Waals surface area contributed by atoms with Gasteiger partial charge in [0.15, 0.2) is 5.82 Å². The minimum atomic E-state index is -0.689. The van der Waals surface area contributed by atoms with E-state index in [0.717, 1.165) is 0 Å². The molecule has 3 N–H and O–H groups in total. The van der Waals surface area contributed by atoms with Gasteiger partial charge in [-0.25, -0.2) is 8.78 Å². The molecule has 5 heteroatoms. The van der Waals surface area contributed by atoms with Crippen molar-refractivity contribution in [1.29, 1.82) is 5.26 Å². The summed E-state index contributed by atoms with van der Waals surface area (Å²) in [7, 11) is 0. The van der Waals surface area contributed by atoms with E-state index in [-0.39, 0.29) is 11.4 Å². The molecule has 2 rings (SSSR count). The Morgan fingerprint density at radius 2 is 1.95 bits per heavy atom. The first-order valence-corrected chi connectivity index (χ1v) is 5.54. The molecule has 0 aliphatic carbocycles. The summed E-state index contributed by atoms with van der Waals surface area (Å²) in [5, 5.41) is 11.4. The van der Waals surface area contributed by atoms with Crippen LogP contribution in [0.3, 0.4) is 0 Å². The van der Waals surface area contributed by atoms with Crippen molar-refractivity contribution >= 4 is 17.1 Å². The van der Waals surface area contributed by atoms with E-state index in [1.807, 2.05) is 6.07 Å². The standard InChI is InChI=1S/C14H11F2N3/c1-8-2-5-11(15)14(13(8)16)19-10-4-3-9(7-17)12(18)6-10/h2-6,19H,18H2,1H3. The second-order valence-electron chi connectivity index (χ2n) is 4.09. The van der Waals surface area contributed by atoms with Crippen LogP contribution < -0.4 is 11.1 Å². The monoisotopic (exact) mass is 259 g/mol. The number of anilines is 3. The maximum Gasteiger partial charge on any atom is 0.152 e. The molecule has 96 valence electrons. The van der Waals surface area contributed by atoms with Crippen LogP contribution in [-0.2, 0) is 0 Å². The van der Waals surface area contributed by atoms with E-state index in [0.29, 0.717) is 16.8 Å². The van der Waals surface area contributed by atoms with Crippen LogP contribution in [0.1, 0.15) is 11.1 Å². The van der Waals surface area contributed by atoms with Crippen LogP contribution in [0.4, 0.5) is 25.8 Å². The number of nitriles is 1. The molecular formula is C14H11F2N3. The lowest BCUT2D eigenvalue weighted by atomic mass is 10.1. The molecule has 2 aromatic carbocycles. The first-order chi connectivity index (χ1) is 9.02. The summed E-state index contributed by atoms with van der Waals surface area (Å²) in [5.41, 5.74) is 6.73. The minimum Gasteiger partial charge on any atom is -0.398 e. The lowest BCUT2D eigenvalue weighted by Gasteiger charge is -2.11. The maximum atomic E-state index is 13.8. The molecule has 0 saturated heterocycles. The molecule has 0 heterocycles. The van der Waals surface area contributed by atoms with Crippen molar-refractivity contribution in [2.75, 3.05) is 11.1 Å². The van der Waals surface area contributed by atoms with Gasteiger partial charge in [-0.3, -0.25) is 0 Å². The highest BCUT2D eigenvalue weighted by Gasteiger charge is 2.12. The van der Waals surface area contributed by atoms with Crippen LogP contribution in [0.2, 0.25) is 0 Å². The molecule has 0 aliphatic rings. The lowest BCUT2D eigenvalue weighted by molar-refractivity contribution is 0.585. The van der Waals surface area contributed by atoms with Crippen molar-refractivity contribution < 1.29 is 8.78 Å². The van der Waals surface area contributed by atoms with Crippen LogP contribution in [-0.4, -0.2) is 0 Å². The number of rotatable bonds is 2. The molecule has 0 amide bonds. The molecule has 0 radical (unpaired) electrons. The number of hydrogen-bond acceptors (Lipinski definition) is 3. The van der Waals surface area contributed by atoms with Gasteiger partial charge >= 0.3 is 0 Å². The predicted octanol–water partition coefficient (Wildman–Crippen LogP) is 3.47. The number of benzene rings is 2. The third kappa shape index (κ3) is 2.47. The fourth-order valence-corrected chi connectivity index (χ4v) is 1.66. The average Bonchev–Trinajstić information content (AvgIpc) is 2.39. The van der Waals surface area contributed by atoms with E-state index in [9.17, 15) is 8.78 Å². The number of hydrogen-bond donors (Lipinski definition) is 2. The summed E-state index contributed by atoms with van der Waals surface area (Å²) in [6.45, 7) is 1.55. The third-order valence-corrected chi connectivity index (χ3v) is 2.73. The van der Waals surface area contributed by atoms with Gasteiger partial charge in [0.1, 0.15) is 17.6 Å². The third-order valence-electron chi connectivity index (χ3n) is 2.73. The molecule has 2 aromatic rings. The van der Waals surface area contributed by atoms with Crippen LogP contribution in [0.15, 0.2) is 30.3 Å². The fourth-order valence-electron chi connectivity index (χ4n) is 1.66. The van der Waals surface area contributed by atoms with E-state index in [1.54, 1.807) is 6.92 Å². The number of nitrogens with one attached hydrogen (secondary N) is 1. The molecule has 0 atom stereocenters. The molecular weight excluding hydrogens is 248 g/mol. The van der Waals surface area contributed by atoms with Gasteiger partial charge in [0, 0.05) is 5.69 Å². The van der Waals surface area contributed by atoms with E-state index < -0.39 is 11.6 Å². The molecule has 3 nitrogen and oxygen atoms in total. The highest BCUT2D eigenvalue weighted by Crippen LogP contribution is 2.27. The van der Waals surface area contributed by atoms with Gasteiger partial charge < -0.3 is 11.1 Å². The summed E-state index contributed by atoms with van der Waals surface area (Å²) < 4.78 is 27.4. The van der Waals surface area contributed by atoms with Crippen molar-refractivity contribution in [2.24, 2.45) is 0 Å². The number of nitrogen functional groups attached to an aromatic ring is 1. The van der Waals surface area contributed by atoms with Gasteiger partial charge in [0.25, 0.3) is 0 Å². The normalized spacial score (nSPS) is 10.0. The topological polar surface area (TPSA) is 61.8 Å². The van der Waals surface area contributed by atoms with Crippen LogP contribution in [0.5, 0.6) is 0 Å². The highest BCUT2D eigenvalue weighted by molar-refractivity contribution is 5.68. The number of aryl methyl sites for hydroxylation is 1. The molecule has 0 bridgehead atoms. The first-order valence-electron chi connectivity index (χ1n) is 5.54. The summed E-state index contributed by atoms with van der Waals surface area (Å²) >= 11 is 0. The van der Waals surface area contributed by atoms with Crippen LogP contribution >= 0.6 is 0 Å². The van der Waals surface area contributed by atoms with Gasteiger partial charge in [-0.2, -0.15) is 5.26 Å². The Kier molecular flexibility index (Phi) is 3.34. The second-order valence-corrected chi connectivity index (χ2v) is 4.09. The van der Waals surface area contributed by atoms with Crippen molar-refractivity contribution in [1.82, 2.24) is 0 Å². The Morgan fingerprint density at radius 1 is 1.21 bits per heavy atom. The summed E-state index contributed by atoms with van der Waals surface area (Å²) in [5.74, 6) is -1.34. The fraction of sp³-hybridized carbons (Fsp3) is 0.0714. The van der Waals surface area contributed by atoms with Crippen molar-refractivity contribution in [3.8, 4) is 6.07 Å². The molecule has 0 aliphatic heterocycles. The summed E-state index contributed by atoms with van der Waals surface area (Å²) in [4.78, 5) is 0. The maximum absolute atomic E-state index is 13.8. The smallest absolute Gasteiger partial charge is 0.152 e. The van der Waals surface area contributed by atoms with Crippen LogP contribution in [0.25, 0.3) is 0 Å². The van der Waals surface area contributed by atoms with E-state index in [2.05, 4.69) is 5.32 Å². The van der Waals surface area contributed by atoms with Gasteiger partial charge in [-0.1, -0.05) is 6.07 Å². The molecule has 0 fully saturated rings. The van der Waals surface area contributed by atoms with Gasteiger partial charge in [-0.15, -0.1) is 0 Å². The van der Waals surface area contributed by atoms with Crippen molar-refractivity contribution in [3.63, 3.8) is 0 Å². The van der Waals surface area contributed by atoms with E-state index >= 15 is 0 Å². The summed E-state index contributed by atoms with van der Waals surface area (Å²) in [6, 6.07) is 8.95. The van der Waals surface area contributed by atoms with Gasteiger partial charge in [0.05, 0.1) is 11.3 Å². The second kappa shape index (κ2) is 4.94. The van der Waals surface area contributed by atoms with Gasteiger partial charge in [0.2, 0.25) is 0 Å². The zero-order valence-electron chi connectivity index (χ0n) is 10.2. The summed E-state index contributed by atoms with van der Waals surface area (Å²) in [6.07, 6.45) is 0. The molecule has 19 heavy (non-hydrogen) atoms. The average molecular weight is 259 g/mol. The molecule has 0 spiro atoms. The quantitative estimate of drug-likeness (QED) is 0.812. The number of nitrogens with two attached hydrogens (primary N) is 1. The Morgan fingerprint density at radius 3 is 2.58 bits per heavy atom. The Hall–Kier alpha value is -2.61. The zero-order chi connectivity index (χ0) is 14.0. The largest absolute Gasteiger partial charge is 0.398 e. The van der Waals surface area contributed by atoms with Crippen molar-refractivity contribution in [3.05, 3.63) is 53.1 Å². The number of halogens is 2. The minimum absolute atomic E-state index is 0.232. The van der Waals surface area contributed by atoms with Crippen LogP contribution in [0, 0.1) is 29.9 Å². The van der Waals surface area contributed by atoms with Crippen molar-refractivity contribution in [2.45, 2.75) is 6.92 Å². The SMILES string of the molecule is Cc1ccc(F)c(Nc2ccc(C#N)c(N)c2)c1F. The molecule has 0 aromatic heterocycles. The Balaban J connectivity index is 2.40. The van der Waals surface area contributed by atoms with E-state index in [1.165, 1.54) is 30.3 Å². The van der Waals surface area contributed by atoms with Gasteiger partial charge in [-0.05, 0) is 36.8 Å². The highest BCUT2D eigenvalue weighted by atomic mass is 19.1. The van der Waals surface area contributed by atoms with E-state index in [4.69, 9.17) is 11.0 Å². The Labute approximate surface area is 109 Å². The Bertz CT molecular complexity index is 675. The number of nitrogens with zero attached hydrogens (tertiary/aromatic N) is 1.